The standard InChI is InChI=1S/C24H23N7O2/c1-32-17-10-11-19-18(12-17)29-24(33-19)28-15-8-6-14(7-9-15)21-20-22(25)26-13-27-23(20)31(30-21)16-4-2-3-5-16/h6-13,16H,2-5H2,1H3,(H,28,29)(H2,25,26,27). The first kappa shape index (κ1) is 19.5. The molecule has 0 saturated heterocycles. The molecule has 3 aromatic heterocycles. The molecule has 3 heterocycles. The number of aromatic nitrogens is 5. The summed E-state index contributed by atoms with van der Waals surface area (Å²) in [5, 5.41) is 8.95. The lowest BCUT2D eigenvalue weighted by Gasteiger charge is -2.10. The molecule has 0 spiro atoms. The molecule has 9 nitrogen and oxygen atoms in total. The van der Waals surface area contributed by atoms with Crippen LogP contribution in [-0.2, 0) is 0 Å². The molecule has 0 unspecified atom stereocenters. The number of methoxy groups -OCH3 is 1. The van der Waals surface area contributed by atoms with Gasteiger partial charge in [0.1, 0.15) is 29.1 Å². The highest BCUT2D eigenvalue weighted by Gasteiger charge is 2.24. The van der Waals surface area contributed by atoms with E-state index in [1.807, 2.05) is 47.1 Å². The molecule has 3 N–H and O–H groups in total. The second kappa shape index (κ2) is 7.77. The highest BCUT2D eigenvalue weighted by molar-refractivity contribution is 5.98. The van der Waals surface area contributed by atoms with E-state index >= 15 is 0 Å². The summed E-state index contributed by atoms with van der Waals surface area (Å²) in [5.74, 6) is 1.18. The molecule has 0 amide bonds. The zero-order chi connectivity index (χ0) is 22.4. The van der Waals surface area contributed by atoms with Gasteiger partial charge in [0.15, 0.2) is 11.2 Å². The van der Waals surface area contributed by atoms with Gasteiger partial charge in [-0.3, -0.25) is 0 Å². The third-order valence-corrected chi connectivity index (χ3v) is 6.19. The minimum Gasteiger partial charge on any atom is -0.497 e. The van der Waals surface area contributed by atoms with Crippen molar-refractivity contribution >= 4 is 39.7 Å². The van der Waals surface area contributed by atoms with E-state index in [-0.39, 0.29) is 0 Å². The van der Waals surface area contributed by atoms with E-state index in [0.29, 0.717) is 23.5 Å². The van der Waals surface area contributed by atoms with Crippen LogP contribution in [0.1, 0.15) is 31.7 Å². The van der Waals surface area contributed by atoms with Crippen molar-refractivity contribution in [3.05, 3.63) is 48.8 Å². The molecule has 6 rings (SSSR count). The van der Waals surface area contributed by atoms with Crippen LogP contribution in [0.4, 0.5) is 17.5 Å². The lowest BCUT2D eigenvalue weighted by atomic mass is 10.1. The van der Waals surface area contributed by atoms with E-state index in [1.165, 1.54) is 19.2 Å². The SMILES string of the molecule is COc1ccc2oc(Nc3ccc(-c4nn(C5CCCC5)c5ncnc(N)c45)cc3)nc2c1. The molecular weight excluding hydrogens is 418 g/mol. The molecule has 1 fully saturated rings. The molecule has 5 aromatic rings. The number of hydrogen-bond acceptors (Lipinski definition) is 8. The fourth-order valence-corrected chi connectivity index (χ4v) is 4.52. The average molecular weight is 441 g/mol. The number of benzene rings is 2. The largest absolute Gasteiger partial charge is 0.497 e. The monoisotopic (exact) mass is 441 g/mol. The zero-order valence-electron chi connectivity index (χ0n) is 18.2. The summed E-state index contributed by atoms with van der Waals surface area (Å²) >= 11 is 0. The highest BCUT2D eigenvalue weighted by Crippen LogP contribution is 2.37. The van der Waals surface area contributed by atoms with Crippen LogP contribution in [0.25, 0.3) is 33.4 Å². The number of rotatable bonds is 5. The Balaban J connectivity index is 1.32. The molecule has 0 radical (unpaired) electrons. The number of nitrogens with two attached hydrogens (primary N) is 1. The molecule has 0 bridgehead atoms. The van der Waals surface area contributed by atoms with Crippen molar-refractivity contribution in [2.75, 3.05) is 18.2 Å². The number of ether oxygens (including phenoxy) is 1. The van der Waals surface area contributed by atoms with Crippen LogP contribution in [0, 0.1) is 0 Å². The highest BCUT2D eigenvalue weighted by atomic mass is 16.5. The summed E-state index contributed by atoms with van der Waals surface area (Å²) < 4.78 is 13.1. The Morgan fingerprint density at radius 1 is 1.09 bits per heavy atom. The van der Waals surface area contributed by atoms with E-state index in [0.717, 1.165) is 52.1 Å². The molecule has 33 heavy (non-hydrogen) atoms. The van der Waals surface area contributed by atoms with Gasteiger partial charge in [0.25, 0.3) is 6.01 Å². The fraction of sp³-hybridized carbons (Fsp3) is 0.250. The minimum atomic E-state index is 0.356. The van der Waals surface area contributed by atoms with Crippen LogP contribution >= 0.6 is 0 Å². The minimum absolute atomic E-state index is 0.356. The maximum Gasteiger partial charge on any atom is 0.300 e. The number of nitrogens with zero attached hydrogens (tertiary/aromatic N) is 5. The number of fused-ring (bicyclic) bond motifs is 2. The van der Waals surface area contributed by atoms with Gasteiger partial charge in [0.2, 0.25) is 0 Å². The quantitative estimate of drug-likeness (QED) is 0.388. The van der Waals surface area contributed by atoms with Crippen molar-refractivity contribution in [3.8, 4) is 17.0 Å². The van der Waals surface area contributed by atoms with Crippen LogP contribution in [0.15, 0.2) is 53.2 Å². The number of hydrogen-bond donors (Lipinski definition) is 2. The van der Waals surface area contributed by atoms with Crippen molar-refractivity contribution in [3.63, 3.8) is 0 Å². The number of nitrogens with one attached hydrogen (secondary N) is 1. The van der Waals surface area contributed by atoms with Crippen molar-refractivity contribution in [2.24, 2.45) is 0 Å². The van der Waals surface area contributed by atoms with Crippen molar-refractivity contribution in [2.45, 2.75) is 31.7 Å². The van der Waals surface area contributed by atoms with Gasteiger partial charge >= 0.3 is 0 Å². The van der Waals surface area contributed by atoms with Crippen LogP contribution < -0.4 is 15.8 Å². The maximum atomic E-state index is 6.25. The fourth-order valence-electron chi connectivity index (χ4n) is 4.52. The second-order valence-electron chi connectivity index (χ2n) is 8.24. The van der Waals surface area contributed by atoms with Gasteiger partial charge in [0, 0.05) is 17.3 Å². The van der Waals surface area contributed by atoms with Gasteiger partial charge in [-0.1, -0.05) is 25.0 Å². The topological polar surface area (TPSA) is 117 Å². The van der Waals surface area contributed by atoms with Crippen LogP contribution in [0.2, 0.25) is 0 Å². The Labute approximate surface area is 189 Å². The van der Waals surface area contributed by atoms with Gasteiger partial charge in [-0.15, -0.1) is 0 Å². The predicted octanol–water partition coefficient (Wildman–Crippen LogP) is 5.08. The third-order valence-electron chi connectivity index (χ3n) is 6.19. The summed E-state index contributed by atoms with van der Waals surface area (Å²) in [6, 6.07) is 14.2. The molecule has 9 heteroatoms. The molecule has 166 valence electrons. The van der Waals surface area contributed by atoms with E-state index in [2.05, 4.69) is 20.3 Å². The zero-order valence-corrected chi connectivity index (χ0v) is 18.2. The number of anilines is 3. The van der Waals surface area contributed by atoms with Crippen LogP contribution in [0.3, 0.4) is 0 Å². The third kappa shape index (κ3) is 3.42. The first-order valence-electron chi connectivity index (χ1n) is 11.0. The summed E-state index contributed by atoms with van der Waals surface area (Å²) in [7, 11) is 1.63. The summed E-state index contributed by atoms with van der Waals surface area (Å²) in [4.78, 5) is 13.2. The molecule has 1 aliphatic carbocycles. The molecule has 0 atom stereocenters. The van der Waals surface area contributed by atoms with E-state index < -0.39 is 0 Å². The molecule has 2 aromatic carbocycles. The molecule has 1 aliphatic rings. The van der Waals surface area contributed by atoms with Gasteiger partial charge in [-0.05, 0) is 37.1 Å². The smallest absolute Gasteiger partial charge is 0.300 e. The van der Waals surface area contributed by atoms with Crippen molar-refractivity contribution < 1.29 is 9.15 Å². The van der Waals surface area contributed by atoms with Gasteiger partial charge in [0.05, 0.1) is 18.5 Å². The lowest BCUT2D eigenvalue weighted by Crippen LogP contribution is -2.07. The molecule has 0 aliphatic heterocycles. The summed E-state index contributed by atoms with van der Waals surface area (Å²) in [5.41, 5.74) is 11.1. The lowest BCUT2D eigenvalue weighted by molar-refractivity contribution is 0.415. The van der Waals surface area contributed by atoms with Crippen LogP contribution in [-0.4, -0.2) is 31.8 Å². The predicted molar refractivity (Wildman–Crippen MR) is 127 cm³/mol. The summed E-state index contributed by atoms with van der Waals surface area (Å²) in [6.07, 6.45) is 6.16. The summed E-state index contributed by atoms with van der Waals surface area (Å²) in [6.45, 7) is 0. The van der Waals surface area contributed by atoms with Crippen molar-refractivity contribution in [1.82, 2.24) is 24.7 Å². The van der Waals surface area contributed by atoms with E-state index in [4.69, 9.17) is 20.0 Å². The Kier molecular flexibility index (Phi) is 4.60. The van der Waals surface area contributed by atoms with Crippen LogP contribution in [0.5, 0.6) is 5.75 Å². The number of nitrogen functional groups attached to an aromatic ring is 1. The number of oxazole rings is 1. The maximum absolute atomic E-state index is 6.25. The van der Waals surface area contributed by atoms with Gasteiger partial charge in [-0.25, -0.2) is 14.6 Å². The van der Waals surface area contributed by atoms with E-state index in [1.54, 1.807) is 7.11 Å². The van der Waals surface area contributed by atoms with Gasteiger partial charge < -0.3 is 20.2 Å². The molecule has 1 saturated carbocycles. The first-order chi connectivity index (χ1) is 16.2. The Hall–Kier alpha value is -4.14. The molecular formula is C24H23N7O2. The van der Waals surface area contributed by atoms with Crippen molar-refractivity contribution in [1.29, 1.82) is 0 Å². The Morgan fingerprint density at radius 3 is 2.70 bits per heavy atom. The normalized spacial score (nSPS) is 14.3. The van der Waals surface area contributed by atoms with Gasteiger partial charge in [-0.2, -0.15) is 10.1 Å². The Morgan fingerprint density at radius 2 is 1.91 bits per heavy atom. The average Bonchev–Trinajstić information content (AvgIpc) is 3.57. The first-order valence-corrected chi connectivity index (χ1v) is 11.0. The van der Waals surface area contributed by atoms with E-state index in [9.17, 15) is 0 Å². The Bertz CT molecular complexity index is 1450. The second-order valence-corrected chi connectivity index (χ2v) is 8.24.